The fourth-order valence-electron chi connectivity index (χ4n) is 2.34. The van der Waals surface area contributed by atoms with Gasteiger partial charge in [-0.25, -0.2) is 0 Å². The fourth-order valence-corrected chi connectivity index (χ4v) is 2.34. The maximum atomic E-state index is 6.07. The van der Waals surface area contributed by atoms with Crippen LogP contribution < -0.4 is 5.32 Å². The molecule has 0 aromatic carbocycles. The van der Waals surface area contributed by atoms with E-state index >= 15 is 0 Å². The van der Waals surface area contributed by atoms with Crippen molar-refractivity contribution in [2.45, 2.75) is 65.8 Å². The van der Waals surface area contributed by atoms with Crippen molar-refractivity contribution in [3.63, 3.8) is 0 Å². The molecule has 0 aromatic heterocycles. The van der Waals surface area contributed by atoms with E-state index in [9.17, 15) is 0 Å². The Labute approximate surface area is 106 Å². The smallest absolute Gasteiger partial charge is 0.0624 e. The summed E-state index contributed by atoms with van der Waals surface area (Å²) in [6, 6.07) is 0. The number of nitrogens with one attached hydrogen (secondary N) is 1. The summed E-state index contributed by atoms with van der Waals surface area (Å²) < 4.78 is 11.8. The molecule has 0 aromatic rings. The van der Waals surface area contributed by atoms with Gasteiger partial charge >= 0.3 is 0 Å². The lowest BCUT2D eigenvalue weighted by Gasteiger charge is -2.34. The third-order valence-electron chi connectivity index (χ3n) is 3.22. The fraction of sp³-hybridized carbons (Fsp3) is 1.00. The Morgan fingerprint density at radius 1 is 1.24 bits per heavy atom. The first-order valence-electron chi connectivity index (χ1n) is 6.90. The maximum absolute atomic E-state index is 6.07. The van der Waals surface area contributed by atoms with Gasteiger partial charge in [-0.05, 0) is 33.2 Å². The summed E-state index contributed by atoms with van der Waals surface area (Å²) in [5.74, 6) is 0. The van der Waals surface area contributed by atoms with Gasteiger partial charge in [-0.15, -0.1) is 0 Å². The summed E-state index contributed by atoms with van der Waals surface area (Å²) in [5, 5.41) is 3.39. The Morgan fingerprint density at radius 3 is 2.35 bits per heavy atom. The normalized spacial score (nSPS) is 30.5. The van der Waals surface area contributed by atoms with Crippen molar-refractivity contribution in [1.29, 1.82) is 0 Å². The van der Waals surface area contributed by atoms with Crippen molar-refractivity contribution in [3.05, 3.63) is 0 Å². The minimum Gasteiger partial charge on any atom is -0.377 e. The molecule has 1 saturated heterocycles. The molecule has 1 heterocycles. The Balaban J connectivity index is 2.29. The van der Waals surface area contributed by atoms with Crippen LogP contribution in [0, 0.1) is 5.41 Å². The molecular formula is C14H29NO2. The second kappa shape index (κ2) is 6.72. The number of hydrogen-bond acceptors (Lipinski definition) is 3. The molecule has 0 aliphatic carbocycles. The average Bonchev–Trinajstić information content (AvgIpc) is 2.23. The zero-order valence-corrected chi connectivity index (χ0v) is 12.1. The molecule has 3 nitrogen and oxygen atoms in total. The van der Waals surface area contributed by atoms with Crippen molar-refractivity contribution in [2.75, 3.05) is 19.7 Å². The van der Waals surface area contributed by atoms with E-state index in [1.54, 1.807) is 0 Å². The Bertz CT molecular complexity index is 208. The monoisotopic (exact) mass is 243 g/mol. The second-order valence-corrected chi connectivity index (χ2v) is 6.11. The lowest BCUT2D eigenvalue weighted by Crippen LogP contribution is -2.38. The minimum atomic E-state index is 0.209. The lowest BCUT2D eigenvalue weighted by atomic mass is 9.94. The highest BCUT2D eigenvalue weighted by Crippen LogP contribution is 2.24. The molecule has 1 aliphatic rings. The zero-order chi connectivity index (χ0) is 12.9. The van der Waals surface area contributed by atoms with Gasteiger partial charge in [0.05, 0.1) is 24.9 Å². The predicted octanol–water partition coefficient (Wildman–Crippen LogP) is 2.59. The third-order valence-corrected chi connectivity index (χ3v) is 3.22. The molecule has 0 spiro atoms. The van der Waals surface area contributed by atoms with E-state index in [1.807, 2.05) is 0 Å². The molecule has 1 aliphatic heterocycles. The van der Waals surface area contributed by atoms with E-state index in [-0.39, 0.29) is 5.41 Å². The van der Waals surface area contributed by atoms with Gasteiger partial charge in [0, 0.05) is 12.0 Å². The van der Waals surface area contributed by atoms with E-state index in [4.69, 9.17) is 9.47 Å². The van der Waals surface area contributed by atoms with E-state index in [1.165, 1.54) is 0 Å². The first kappa shape index (κ1) is 14.9. The summed E-state index contributed by atoms with van der Waals surface area (Å²) in [6.45, 7) is 13.8. The quantitative estimate of drug-likeness (QED) is 0.778. The molecule has 0 radical (unpaired) electrons. The van der Waals surface area contributed by atoms with E-state index in [0.717, 1.165) is 32.5 Å². The standard InChI is InChI=1S/C14H29NO2/c1-6-15-9-14(4,5)10-16-13-7-11(2)17-12(3)8-13/h11-13,15H,6-10H2,1-5H3. The van der Waals surface area contributed by atoms with Crippen LogP contribution in [0.3, 0.4) is 0 Å². The van der Waals surface area contributed by atoms with Gasteiger partial charge in [0.2, 0.25) is 0 Å². The maximum Gasteiger partial charge on any atom is 0.0624 e. The molecular weight excluding hydrogens is 214 g/mol. The number of ether oxygens (including phenoxy) is 2. The number of rotatable bonds is 6. The van der Waals surface area contributed by atoms with E-state index in [2.05, 4.69) is 39.9 Å². The Kier molecular flexibility index (Phi) is 5.90. The summed E-state index contributed by atoms with van der Waals surface area (Å²) in [5.41, 5.74) is 0.209. The van der Waals surface area contributed by atoms with Crippen LogP contribution in [0.4, 0.5) is 0 Å². The molecule has 1 N–H and O–H groups in total. The van der Waals surface area contributed by atoms with Gasteiger partial charge in [-0.1, -0.05) is 20.8 Å². The van der Waals surface area contributed by atoms with Crippen molar-refractivity contribution >= 4 is 0 Å². The molecule has 0 saturated carbocycles. The largest absolute Gasteiger partial charge is 0.377 e. The van der Waals surface area contributed by atoms with Gasteiger partial charge in [0.25, 0.3) is 0 Å². The molecule has 0 amide bonds. The number of hydrogen-bond donors (Lipinski definition) is 1. The summed E-state index contributed by atoms with van der Waals surface area (Å²) in [4.78, 5) is 0. The average molecular weight is 243 g/mol. The zero-order valence-electron chi connectivity index (χ0n) is 12.1. The van der Waals surface area contributed by atoms with Crippen LogP contribution in [0.2, 0.25) is 0 Å². The van der Waals surface area contributed by atoms with Crippen LogP contribution in [-0.4, -0.2) is 38.0 Å². The molecule has 2 unspecified atom stereocenters. The molecule has 0 bridgehead atoms. The van der Waals surface area contributed by atoms with Crippen molar-refractivity contribution in [1.82, 2.24) is 5.32 Å². The lowest BCUT2D eigenvalue weighted by molar-refractivity contribution is -0.112. The SMILES string of the molecule is CCNCC(C)(C)COC1CC(C)OC(C)C1. The topological polar surface area (TPSA) is 30.5 Å². The molecule has 17 heavy (non-hydrogen) atoms. The van der Waals surface area contributed by atoms with E-state index < -0.39 is 0 Å². The Hall–Kier alpha value is -0.120. The van der Waals surface area contributed by atoms with Crippen LogP contribution in [0.1, 0.15) is 47.5 Å². The minimum absolute atomic E-state index is 0.209. The van der Waals surface area contributed by atoms with Crippen molar-refractivity contribution in [2.24, 2.45) is 5.41 Å². The van der Waals surface area contributed by atoms with Crippen LogP contribution >= 0.6 is 0 Å². The molecule has 102 valence electrons. The molecule has 1 rings (SSSR count). The second-order valence-electron chi connectivity index (χ2n) is 6.11. The first-order chi connectivity index (χ1) is 7.93. The van der Waals surface area contributed by atoms with Gasteiger partial charge in [0.1, 0.15) is 0 Å². The highest BCUT2D eigenvalue weighted by atomic mass is 16.5. The molecule has 1 fully saturated rings. The van der Waals surface area contributed by atoms with E-state index in [0.29, 0.717) is 18.3 Å². The van der Waals surface area contributed by atoms with Crippen LogP contribution in [-0.2, 0) is 9.47 Å². The van der Waals surface area contributed by atoms with Crippen LogP contribution in [0.15, 0.2) is 0 Å². The first-order valence-corrected chi connectivity index (χ1v) is 6.90. The summed E-state index contributed by atoms with van der Waals surface area (Å²) in [7, 11) is 0. The third kappa shape index (κ3) is 5.84. The molecule has 2 atom stereocenters. The Morgan fingerprint density at radius 2 is 1.82 bits per heavy atom. The van der Waals surface area contributed by atoms with Crippen LogP contribution in [0.5, 0.6) is 0 Å². The summed E-state index contributed by atoms with van der Waals surface area (Å²) >= 11 is 0. The van der Waals surface area contributed by atoms with Gasteiger partial charge in [0.15, 0.2) is 0 Å². The van der Waals surface area contributed by atoms with Gasteiger partial charge < -0.3 is 14.8 Å². The van der Waals surface area contributed by atoms with Crippen molar-refractivity contribution < 1.29 is 9.47 Å². The predicted molar refractivity (Wildman–Crippen MR) is 71.3 cm³/mol. The highest BCUT2D eigenvalue weighted by molar-refractivity contribution is 4.76. The highest BCUT2D eigenvalue weighted by Gasteiger charge is 2.27. The molecule has 3 heteroatoms. The van der Waals surface area contributed by atoms with Crippen LogP contribution in [0.25, 0.3) is 0 Å². The summed E-state index contributed by atoms with van der Waals surface area (Å²) in [6.07, 6.45) is 3.10. The van der Waals surface area contributed by atoms with Gasteiger partial charge in [-0.3, -0.25) is 0 Å². The van der Waals surface area contributed by atoms with Crippen molar-refractivity contribution in [3.8, 4) is 0 Å². The van der Waals surface area contributed by atoms with Gasteiger partial charge in [-0.2, -0.15) is 0 Å².